The highest BCUT2D eigenvalue weighted by Crippen LogP contribution is 2.36. The van der Waals surface area contributed by atoms with Crippen molar-refractivity contribution in [2.24, 2.45) is 5.92 Å². The average Bonchev–Trinajstić information content (AvgIpc) is 3.08. The Labute approximate surface area is 170 Å². The first kappa shape index (κ1) is 21.3. The van der Waals surface area contributed by atoms with Crippen LogP contribution in [0, 0.1) is 5.92 Å². The number of fused-ring (bicyclic) bond motifs is 1. The predicted molar refractivity (Wildman–Crippen MR) is 104 cm³/mol. The van der Waals surface area contributed by atoms with Gasteiger partial charge in [-0.25, -0.2) is 0 Å². The van der Waals surface area contributed by atoms with E-state index in [1.807, 2.05) is 0 Å². The standard InChI is InChI=1S/C20H34F3N5O/c1-12-18(19(29)27-13-7-9-25-17(10-13)20(21,22)23)26-11-28(12)16-6-2-5-15-14(16)4-3-8-24-15/h12-18,24-26H,2-11H2,1H3,(H,27,29). The van der Waals surface area contributed by atoms with Gasteiger partial charge in [0.1, 0.15) is 12.1 Å². The van der Waals surface area contributed by atoms with Gasteiger partial charge < -0.3 is 16.0 Å². The van der Waals surface area contributed by atoms with E-state index in [2.05, 4.69) is 33.1 Å². The molecule has 3 aliphatic heterocycles. The van der Waals surface area contributed by atoms with Gasteiger partial charge >= 0.3 is 6.18 Å². The fourth-order valence-corrected chi connectivity index (χ4v) is 5.96. The lowest BCUT2D eigenvalue weighted by molar-refractivity contribution is -0.162. The minimum absolute atomic E-state index is 0.0424. The zero-order valence-electron chi connectivity index (χ0n) is 17.1. The number of carbonyl (C=O) groups is 1. The molecule has 3 heterocycles. The van der Waals surface area contributed by atoms with Crippen LogP contribution in [0.2, 0.25) is 0 Å². The molecule has 4 fully saturated rings. The van der Waals surface area contributed by atoms with Crippen LogP contribution in [0.3, 0.4) is 0 Å². The van der Waals surface area contributed by atoms with E-state index < -0.39 is 18.3 Å². The number of amides is 1. The smallest absolute Gasteiger partial charge is 0.352 e. The fourth-order valence-electron chi connectivity index (χ4n) is 5.96. The summed E-state index contributed by atoms with van der Waals surface area (Å²) in [6.45, 7) is 4.12. The molecule has 3 saturated heterocycles. The number of alkyl halides is 3. The monoisotopic (exact) mass is 417 g/mol. The Balaban J connectivity index is 1.34. The molecule has 9 heteroatoms. The third kappa shape index (κ3) is 4.57. The molecule has 4 N–H and O–H groups in total. The Morgan fingerprint density at radius 2 is 1.86 bits per heavy atom. The number of rotatable bonds is 3. The molecule has 1 aliphatic carbocycles. The molecule has 0 aromatic carbocycles. The molecule has 166 valence electrons. The van der Waals surface area contributed by atoms with E-state index in [0.29, 0.717) is 31.1 Å². The molecule has 6 nitrogen and oxygen atoms in total. The van der Waals surface area contributed by atoms with Crippen LogP contribution in [0.15, 0.2) is 0 Å². The molecule has 4 rings (SSSR count). The summed E-state index contributed by atoms with van der Waals surface area (Å²) in [6.07, 6.45) is 2.18. The van der Waals surface area contributed by atoms with Crippen molar-refractivity contribution in [1.29, 1.82) is 0 Å². The highest BCUT2D eigenvalue weighted by atomic mass is 19.4. The SMILES string of the molecule is CC1C(C(=O)NC2CCNC(C(F)(F)F)C2)NCN1C1CCCC2NCCCC21. The van der Waals surface area contributed by atoms with Crippen molar-refractivity contribution in [1.82, 2.24) is 26.2 Å². The number of hydrogen-bond acceptors (Lipinski definition) is 5. The molecule has 0 radical (unpaired) electrons. The van der Waals surface area contributed by atoms with E-state index in [1.54, 1.807) is 0 Å². The Hall–Kier alpha value is -0.900. The van der Waals surface area contributed by atoms with Crippen LogP contribution in [0.5, 0.6) is 0 Å². The molecule has 0 spiro atoms. The topological polar surface area (TPSA) is 68.4 Å². The molecule has 1 saturated carbocycles. The first-order valence-corrected chi connectivity index (χ1v) is 11.2. The van der Waals surface area contributed by atoms with Crippen LogP contribution in [0.25, 0.3) is 0 Å². The number of carbonyl (C=O) groups excluding carboxylic acids is 1. The van der Waals surface area contributed by atoms with Gasteiger partial charge in [0.05, 0.1) is 0 Å². The van der Waals surface area contributed by atoms with Gasteiger partial charge in [-0.05, 0) is 64.5 Å². The van der Waals surface area contributed by atoms with Crippen molar-refractivity contribution in [3.63, 3.8) is 0 Å². The molecule has 1 amide bonds. The number of nitrogens with one attached hydrogen (secondary N) is 4. The maximum Gasteiger partial charge on any atom is 0.403 e. The molecule has 7 unspecified atom stereocenters. The fraction of sp³-hybridized carbons (Fsp3) is 0.950. The maximum absolute atomic E-state index is 13.0. The first-order chi connectivity index (χ1) is 13.8. The highest BCUT2D eigenvalue weighted by Gasteiger charge is 2.46. The average molecular weight is 418 g/mol. The lowest BCUT2D eigenvalue weighted by Gasteiger charge is -2.46. The number of nitrogens with zero attached hydrogens (tertiary/aromatic N) is 1. The Kier molecular flexibility index (Phi) is 6.39. The van der Waals surface area contributed by atoms with Crippen molar-refractivity contribution >= 4 is 5.91 Å². The molecule has 29 heavy (non-hydrogen) atoms. The predicted octanol–water partition coefficient (Wildman–Crippen LogP) is 1.33. The minimum Gasteiger partial charge on any atom is -0.352 e. The Bertz CT molecular complexity index is 587. The summed E-state index contributed by atoms with van der Waals surface area (Å²) in [4.78, 5) is 15.3. The third-order valence-corrected chi connectivity index (χ3v) is 7.50. The second kappa shape index (κ2) is 8.69. The van der Waals surface area contributed by atoms with E-state index >= 15 is 0 Å². The van der Waals surface area contributed by atoms with E-state index in [-0.39, 0.29) is 31.0 Å². The van der Waals surface area contributed by atoms with Crippen LogP contribution in [0.4, 0.5) is 13.2 Å². The molecule has 0 aromatic rings. The number of piperidine rings is 2. The number of halogens is 3. The van der Waals surface area contributed by atoms with Crippen LogP contribution < -0.4 is 21.3 Å². The van der Waals surface area contributed by atoms with Crippen molar-refractivity contribution in [3.8, 4) is 0 Å². The Morgan fingerprint density at radius 1 is 1.03 bits per heavy atom. The summed E-state index contributed by atoms with van der Waals surface area (Å²) in [5.41, 5.74) is 0. The summed E-state index contributed by atoms with van der Waals surface area (Å²) < 4.78 is 39.0. The van der Waals surface area contributed by atoms with Crippen molar-refractivity contribution in [2.75, 3.05) is 19.8 Å². The second-order valence-electron chi connectivity index (χ2n) is 9.24. The summed E-state index contributed by atoms with van der Waals surface area (Å²) in [7, 11) is 0. The van der Waals surface area contributed by atoms with Gasteiger partial charge in [-0.1, -0.05) is 6.42 Å². The first-order valence-electron chi connectivity index (χ1n) is 11.2. The second-order valence-corrected chi connectivity index (χ2v) is 9.24. The van der Waals surface area contributed by atoms with E-state index in [0.717, 1.165) is 13.0 Å². The van der Waals surface area contributed by atoms with Gasteiger partial charge in [-0.15, -0.1) is 0 Å². The molecular formula is C20H34F3N5O. The summed E-state index contributed by atoms with van der Waals surface area (Å²) >= 11 is 0. The van der Waals surface area contributed by atoms with Gasteiger partial charge in [0.25, 0.3) is 0 Å². The molecule has 7 atom stereocenters. The molecule has 0 bridgehead atoms. The number of hydrogen-bond donors (Lipinski definition) is 4. The van der Waals surface area contributed by atoms with Crippen molar-refractivity contribution in [3.05, 3.63) is 0 Å². The van der Waals surface area contributed by atoms with Crippen LogP contribution in [0.1, 0.15) is 51.9 Å². The summed E-state index contributed by atoms with van der Waals surface area (Å²) in [5.74, 6) is 0.461. The third-order valence-electron chi connectivity index (χ3n) is 7.50. The summed E-state index contributed by atoms with van der Waals surface area (Å²) in [5, 5.41) is 12.4. The van der Waals surface area contributed by atoms with E-state index in [4.69, 9.17) is 0 Å². The van der Waals surface area contributed by atoms with Gasteiger partial charge in [-0.2, -0.15) is 13.2 Å². The quantitative estimate of drug-likeness (QED) is 0.558. The minimum atomic E-state index is -4.27. The zero-order chi connectivity index (χ0) is 20.6. The Morgan fingerprint density at radius 3 is 2.66 bits per heavy atom. The van der Waals surface area contributed by atoms with Crippen LogP contribution in [-0.2, 0) is 4.79 Å². The van der Waals surface area contributed by atoms with Gasteiger partial charge in [0.15, 0.2) is 0 Å². The zero-order valence-corrected chi connectivity index (χ0v) is 17.1. The van der Waals surface area contributed by atoms with Gasteiger partial charge in [-0.3, -0.25) is 15.0 Å². The normalized spacial score (nSPS) is 41.7. The highest BCUT2D eigenvalue weighted by molar-refractivity contribution is 5.83. The van der Waals surface area contributed by atoms with Crippen LogP contribution >= 0.6 is 0 Å². The van der Waals surface area contributed by atoms with E-state index in [9.17, 15) is 18.0 Å². The maximum atomic E-state index is 13.0. The largest absolute Gasteiger partial charge is 0.403 e. The van der Waals surface area contributed by atoms with Gasteiger partial charge in [0.2, 0.25) is 5.91 Å². The lowest BCUT2D eigenvalue weighted by atomic mass is 9.75. The van der Waals surface area contributed by atoms with Gasteiger partial charge in [0, 0.05) is 30.8 Å². The van der Waals surface area contributed by atoms with Crippen molar-refractivity contribution < 1.29 is 18.0 Å². The van der Waals surface area contributed by atoms with Crippen LogP contribution in [-0.4, -0.2) is 73.0 Å². The van der Waals surface area contributed by atoms with E-state index in [1.165, 1.54) is 25.7 Å². The molecule has 4 aliphatic rings. The lowest BCUT2D eigenvalue weighted by Crippen LogP contribution is -2.57. The molecular weight excluding hydrogens is 383 g/mol. The summed E-state index contributed by atoms with van der Waals surface area (Å²) in [6, 6.07) is -1.25. The van der Waals surface area contributed by atoms with Crippen molar-refractivity contribution in [2.45, 2.75) is 94.3 Å². The molecule has 0 aromatic heterocycles.